The molecule has 13 N–H and O–H groups in total. The molecule has 0 radical (unpaired) electrons. The Balaban J connectivity index is 0. The first-order valence-corrected chi connectivity index (χ1v) is 7.06. The van der Waals surface area contributed by atoms with Crippen LogP contribution < -0.4 is 5.73 Å². The van der Waals surface area contributed by atoms with Crippen molar-refractivity contribution in [3.63, 3.8) is 0 Å². The highest BCUT2D eigenvalue weighted by Gasteiger charge is 2.29. The summed E-state index contributed by atoms with van der Waals surface area (Å²) >= 11 is 0. The average Bonchev–Trinajstić information content (AvgIpc) is 2.62. The molecule has 0 bridgehead atoms. The molecule has 12 heteroatoms. The van der Waals surface area contributed by atoms with Gasteiger partial charge >= 0.3 is 0 Å². The summed E-state index contributed by atoms with van der Waals surface area (Å²) in [5, 5.41) is 96.3. The maximum absolute atomic E-state index is 9.04. The van der Waals surface area contributed by atoms with Gasteiger partial charge in [-0.25, -0.2) is 0 Å². The second-order valence-corrected chi connectivity index (χ2v) is 5.02. The molecule has 0 aromatic heterocycles. The Morgan fingerprint density at radius 1 is 0.458 bits per heavy atom. The van der Waals surface area contributed by atoms with Gasteiger partial charge in [0.05, 0.1) is 25.9 Å². The standard InChI is InChI=1S/C6H15NO5.C6H14O6/c2*7-1-3(9)5(11)6(12)4(10)2-8/h3-6,8-12H,1-2,7H2;3-12H,1-2H2. The summed E-state index contributed by atoms with van der Waals surface area (Å²) in [7, 11) is 0. The summed E-state index contributed by atoms with van der Waals surface area (Å²) in [6.45, 7) is -2.36. The quantitative estimate of drug-likeness (QED) is 0.173. The van der Waals surface area contributed by atoms with E-state index in [9.17, 15) is 0 Å². The lowest BCUT2D eigenvalue weighted by Gasteiger charge is -2.24. The van der Waals surface area contributed by atoms with Crippen LogP contribution in [0.4, 0.5) is 0 Å². The van der Waals surface area contributed by atoms with E-state index >= 15 is 0 Å². The predicted molar refractivity (Wildman–Crippen MR) is 78.4 cm³/mol. The van der Waals surface area contributed by atoms with Crippen LogP contribution in [0.15, 0.2) is 0 Å². The minimum atomic E-state index is -1.67. The fourth-order valence-electron chi connectivity index (χ4n) is 1.37. The van der Waals surface area contributed by atoms with Gasteiger partial charge in [-0.1, -0.05) is 0 Å². The lowest BCUT2D eigenvalue weighted by atomic mass is 10.0. The van der Waals surface area contributed by atoms with Gasteiger partial charge < -0.3 is 61.9 Å². The Labute approximate surface area is 138 Å². The van der Waals surface area contributed by atoms with Crippen LogP contribution in [0, 0.1) is 0 Å². The monoisotopic (exact) mass is 363 g/mol. The van der Waals surface area contributed by atoms with Gasteiger partial charge in [-0.2, -0.15) is 0 Å². The van der Waals surface area contributed by atoms with Crippen molar-refractivity contribution in [3.05, 3.63) is 0 Å². The molecule has 0 aromatic carbocycles. The zero-order valence-corrected chi connectivity index (χ0v) is 12.9. The third-order valence-corrected chi connectivity index (χ3v) is 3.08. The summed E-state index contributed by atoms with van der Waals surface area (Å²) < 4.78 is 0. The maximum Gasteiger partial charge on any atom is 0.111 e. The molecule has 12 nitrogen and oxygen atoms in total. The molecule has 0 fully saturated rings. The molecular weight excluding hydrogens is 334 g/mol. The number of nitrogens with two attached hydrogens (primary N) is 1. The minimum Gasteiger partial charge on any atom is -0.394 e. The Bertz CT molecular complexity index is 242. The third-order valence-electron chi connectivity index (χ3n) is 3.08. The molecule has 0 aliphatic heterocycles. The van der Waals surface area contributed by atoms with E-state index in [1.807, 2.05) is 0 Å². The largest absolute Gasteiger partial charge is 0.394 e. The zero-order chi connectivity index (χ0) is 19.4. The number of aliphatic hydroxyl groups is 11. The summed E-state index contributed by atoms with van der Waals surface area (Å²) in [5.74, 6) is 0. The van der Waals surface area contributed by atoms with Gasteiger partial charge in [0, 0.05) is 6.54 Å². The molecule has 0 aliphatic carbocycles. The smallest absolute Gasteiger partial charge is 0.111 e. The summed E-state index contributed by atoms with van der Waals surface area (Å²) in [4.78, 5) is 0. The van der Waals surface area contributed by atoms with Crippen molar-refractivity contribution < 1.29 is 56.2 Å². The van der Waals surface area contributed by atoms with E-state index in [1.54, 1.807) is 0 Å². The van der Waals surface area contributed by atoms with Crippen LogP contribution >= 0.6 is 0 Å². The van der Waals surface area contributed by atoms with Crippen molar-refractivity contribution in [3.8, 4) is 0 Å². The van der Waals surface area contributed by atoms with Gasteiger partial charge in [-0.15, -0.1) is 0 Å². The maximum atomic E-state index is 9.04. The Morgan fingerprint density at radius 2 is 0.667 bits per heavy atom. The van der Waals surface area contributed by atoms with E-state index in [1.165, 1.54) is 0 Å². The van der Waals surface area contributed by atoms with Gasteiger partial charge in [-0.3, -0.25) is 0 Å². The SMILES string of the molecule is NCC(O)C(O)C(O)C(O)CO.OCC(O)C(O)C(O)C(O)CO. The van der Waals surface area contributed by atoms with Crippen molar-refractivity contribution >= 4 is 0 Å². The number of rotatable bonds is 10. The van der Waals surface area contributed by atoms with Crippen LogP contribution in [-0.2, 0) is 0 Å². The zero-order valence-electron chi connectivity index (χ0n) is 12.9. The molecule has 0 spiro atoms. The normalized spacial score (nSPS) is 21.5. The fourth-order valence-corrected chi connectivity index (χ4v) is 1.37. The van der Waals surface area contributed by atoms with E-state index < -0.39 is 68.7 Å². The van der Waals surface area contributed by atoms with Crippen molar-refractivity contribution in [2.45, 2.75) is 48.8 Å². The first kappa shape index (κ1) is 25.8. The van der Waals surface area contributed by atoms with E-state index in [0.29, 0.717) is 0 Å². The van der Waals surface area contributed by atoms with Crippen LogP contribution in [-0.4, -0.2) is 131 Å². The van der Waals surface area contributed by atoms with Crippen LogP contribution in [0.2, 0.25) is 0 Å². The second-order valence-electron chi connectivity index (χ2n) is 5.02. The highest BCUT2D eigenvalue weighted by molar-refractivity contribution is 4.81. The molecule has 0 heterocycles. The van der Waals surface area contributed by atoms with Crippen molar-refractivity contribution in [2.75, 3.05) is 26.4 Å². The number of aliphatic hydroxyl groups excluding tert-OH is 11. The van der Waals surface area contributed by atoms with E-state index in [-0.39, 0.29) is 6.54 Å². The first-order chi connectivity index (χ1) is 11.1. The Morgan fingerprint density at radius 3 is 0.833 bits per heavy atom. The molecule has 0 saturated carbocycles. The second kappa shape index (κ2) is 13.8. The van der Waals surface area contributed by atoms with Crippen molar-refractivity contribution in [1.82, 2.24) is 0 Å². The molecule has 0 saturated heterocycles. The van der Waals surface area contributed by atoms with E-state index in [0.717, 1.165) is 0 Å². The molecule has 8 atom stereocenters. The summed E-state index contributed by atoms with van der Waals surface area (Å²) in [5.41, 5.74) is 4.99. The molecule has 24 heavy (non-hydrogen) atoms. The Kier molecular flexibility index (Phi) is 14.8. The van der Waals surface area contributed by atoms with Crippen LogP contribution in [0.5, 0.6) is 0 Å². The molecule has 8 unspecified atom stereocenters. The van der Waals surface area contributed by atoms with Gasteiger partial charge in [-0.05, 0) is 0 Å². The average molecular weight is 363 g/mol. The van der Waals surface area contributed by atoms with Crippen LogP contribution in [0.3, 0.4) is 0 Å². The van der Waals surface area contributed by atoms with Crippen molar-refractivity contribution in [2.24, 2.45) is 5.73 Å². The minimum absolute atomic E-state index is 0.226. The summed E-state index contributed by atoms with van der Waals surface area (Å²) in [6, 6.07) is 0. The molecule has 0 aromatic rings. The molecule has 0 amide bonds. The highest BCUT2D eigenvalue weighted by Crippen LogP contribution is 2.04. The van der Waals surface area contributed by atoms with Gasteiger partial charge in [0.1, 0.15) is 42.7 Å². The topological polar surface area (TPSA) is 249 Å². The van der Waals surface area contributed by atoms with Gasteiger partial charge in [0.2, 0.25) is 0 Å². The fraction of sp³-hybridized carbons (Fsp3) is 1.00. The molecule has 0 rings (SSSR count). The summed E-state index contributed by atoms with van der Waals surface area (Å²) in [6.07, 6.45) is -12.3. The Hall–Kier alpha value is -0.480. The highest BCUT2D eigenvalue weighted by atomic mass is 16.4. The van der Waals surface area contributed by atoms with Crippen molar-refractivity contribution in [1.29, 1.82) is 0 Å². The number of hydrogen-bond acceptors (Lipinski definition) is 12. The lowest BCUT2D eigenvalue weighted by Crippen LogP contribution is -2.48. The van der Waals surface area contributed by atoms with Crippen LogP contribution in [0.1, 0.15) is 0 Å². The van der Waals surface area contributed by atoms with Crippen LogP contribution in [0.25, 0.3) is 0 Å². The molecule has 148 valence electrons. The predicted octanol–water partition coefficient (Wildman–Crippen LogP) is -7.20. The number of hydrogen-bond donors (Lipinski definition) is 12. The molecule has 0 aliphatic rings. The van der Waals surface area contributed by atoms with E-state index in [2.05, 4.69) is 0 Å². The van der Waals surface area contributed by atoms with Gasteiger partial charge in [0.15, 0.2) is 0 Å². The first-order valence-electron chi connectivity index (χ1n) is 7.06. The van der Waals surface area contributed by atoms with E-state index in [4.69, 9.17) is 61.9 Å². The third kappa shape index (κ3) is 9.12. The molecular formula is C12H29NO11. The lowest BCUT2D eigenvalue weighted by molar-refractivity contribution is -0.123. The van der Waals surface area contributed by atoms with Gasteiger partial charge in [0.25, 0.3) is 0 Å².